The molecule has 0 saturated heterocycles. The third-order valence-corrected chi connectivity index (χ3v) is 7.71. The van der Waals surface area contributed by atoms with Crippen molar-refractivity contribution in [2.75, 3.05) is 0 Å². The summed E-state index contributed by atoms with van der Waals surface area (Å²) in [6.07, 6.45) is 6.04. The molecule has 0 aromatic rings. The highest BCUT2D eigenvalue weighted by Gasteiger charge is 2.68. The highest BCUT2D eigenvalue weighted by atomic mass is 14.7. The molecule has 8 atom stereocenters. The zero-order valence-corrected chi connectivity index (χ0v) is 13.9. The molecule has 3 fully saturated rings. The second-order valence-electron chi connectivity index (χ2n) is 9.03. The van der Waals surface area contributed by atoms with E-state index in [4.69, 9.17) is 0 Å². The van der Waals surface area contributed by atoms with Crippen LogP contribution in [0.3, 0.4) is 0 Å². The molecule has 3 saturated carbocycles. The maximum absolute atomic E-state index is 2.58. The van der Waals surface area contributed by atoms with Gasteiger partial charge in [0.05, 0.1) is 0 Å². The number of hydrogen-bond acceptors (Lipinski definition) is 0. The average molecular weight is 262 g/mol. The summed E-state index contributed by atoms with van der Waals surface area (Å²) in [4.78, 5) is 0. The van der Waals surface area contributed by atoms with Crippen molar-refractivity contribution in [3.63, 3.8) is 0 Å². The third-order valence-electron chi connectivity index (χ3n) is 7.71. The molecule has 0 spiro atoms. The third kappa shape index (κ3) is 2.00. The molecule has 19 heavy (non-hydrogen) atoms. The zero-order chi connectivity index (χ0) is 13.9. The largest absolute Gasteiger partial charge is 0.0625 e. The summed E-state index contributed by atoms with van der Waals surface area (Å²) >= 11 is 0. The number of hydrogen-bond donors (Lipinski definition) is 0. The molecule has 0 N–H and O–H groups in total. The lowest BCUT2D eigenvalue weighted by atomic mass is 9.61. The minimum Gasteiger partial charge on any atom is -0.0625 e. The molecule has 0 aliphatic heterocycles. The quantitative estimate of drug-likeness (QED) is 0.616. The van der Waals surface area contributed by atoms with Gasteiger partial charge in [-0.05, 0) is 72.0 Å². The predicted octanol–water partition coefficient (Wildman–Crippen LogP) is 5.62. The molecule has 0 heteroatoms. The molecule has 0 radical (unpaired) electrons. The van der Waals surface area contributed by atoms with Crippen LogP contribution in [-0.4, -0.2) is 0 Å². The van der Waals surface area contributed by atoms with Crippen LogP contribution in [0.2, 0.25) is 0 Å². The first kappa shape index (κ1) is 14.0. The summed E-state index contributed by atoms with van der Waals surface area (Å²) in [5.74, 6) is 8.01. The topological polar surface area (TPSA) is 0 Å². The normalized spacial score (nSPS) is 53.8. The van der Waals surface area contributed by atoms with Crippen LogP contribution in [0.5, 0.6) is 0 Å². The predicted molar refractivity (Wildman–Crippen MR) is 82.9 cm³/mol. The van der Waals surface area contributed by atoms with Crippen LogP contribution in [0.15, 0.2) is 0 Å². The Morgan fingerprint density at radius 2 is 1.79 bits per heavy atom. The van der Waals surface area contributed by atoms with Crippen LogP contribution in [0.1, 0.15) is 67.2 Å². The van der Waals surface area contributed by atoms with E-state index in [2.05, 4.69) is 41.5 Å². The summed E-state index contributed by atoms with van der Waals surface area (Å²) in [7, 11) is 0. The van der Waals surface area contributed by atoms with E-state index in [0.717, 1.165) is 52.8 Å². The Bertz CT molecular complexity index is 344. The highest BCUT2D eigenvalue weighted by molar-refractivity contribution is 5.16. The molecule has 0 aromatic heterocycles. The molecule has 3 rings (SSSR count). The Morgan fingerprint density at radius 1 is 1.11 bits per heavy atom. The van der Waals surface area contributed by atoms with Gasteiger partial charge < -0.3 is 0 Å². The Kier molecular flexibility index (Phi) is 3.31. The van der Waals surface area contributed by atoms with Crippen molar-refractivity contribution >= 4 is 0 Å². The van der Waals surface area contributed by atoms with E-state index in [1.165, 1.54) is 19.3 Å². The van der Waals surface area contributed by atoms with E-state index in [1.54, 1.807) is 6.42 Å². The first-order valence-electron chi connectivity index (χ1n) is 8.86. The smallest absolute Gasteiger partial charge is 0.0261 e. The number of fused-ring (bicyclic) bond motifs is 1. The van der Waals surface area contributed by atoms with E-state index in [1.807, 2.05) is 0 Å². The van der Waals surface area contributed by atoms with Crippen LogP contribution < -0.4 is 0 Å². The molecule has 0 bridgehead atoms. The Balaban J connectivity index is 1.64. The lowest BCUT2D eigenvalue weighted by Gasteiger charge is -2.44. The monoisotopic (exact) mass is 262 g/mol. The van der Waals surface area contributed by atoms with Crippen LogP contribution in [0.4, 0.5) is 0 Å². The second-order valence-corrected chi connectivity index (χ2v) is 9.03. The average Bonchev–Trinajstić information content (AvgIpc) is 2.78. The molecular formula is C19H34. The molecular weight excluding hydrogens is 228 g/mol. The van der Waals surface area contributed by atoms with Crippen molar-refractivity contribution in [1.29, 1.82) is 0 Å². The molecule has 3 aliphatic rings. The van der Waals surface area contributed by atoms with Gasteiger partial charge in [-0.2, -0.15) is 0 Å². The van der Waals surface area contributed by atoms with Gasteiger partial charge in [-0.15, -0.1) is 0 Å². The summed E-state index contributed by atoms with van der Waals surface area (Å²) in [6, 6.07) is 0. The molecule has 0 heterocycles. The standard InChI is InChI=1S/C19H34/c1-11(2)15-8-7-12(3)18(15)13(4)9-16-14(5)17-10-19(16,17)6/h11-18H,7-10H2,1-6H3. The van der Waals surface area contributed by atoms with Crippen LogP contribution in [-0.2, 0) is 0 Å². The van der Waals surface area contributed by atoms with E-state index in [9.17, 15) is 0 Å². The van der Waals surface area contributed by atoms with Gasteiger partial charge in [-0.25, -0.2) is 0 Å². The SMILES string of the molecule is CC(C)C1CCC(C)C1C(C)CC1C(C)C2CC12C. The van der Waals surface area contributed by atoms with Crippen LogP contribution in [0.25, 0.3) is 0 Å². The van der Waals surface area contributed by atoms with Crippen LogP contribution in [0, 0.1) is 52.8 Å². The van der Waals surface area contributed by atoms with Gasteiger partial charge in [-0.1, -0.05) is 48.0 Å². The molecule has 110 valence electrons. The van der Waals surface area contributed by atoms with E-state index in [0.29, 0.717) is 0 Å². The Hall–Kier alpha value is 0. The van der Waals surface area contributed by atoms with Gasteiger partial charge in [-0.3, -0.25) is 0 Å². The molecule has 0 nitrogen and oxygen atoms in total. The maximum Gasteiger partial charge on any atom is -0.0261 e. The van der Waals surface area contributed by atoms with Gasteiger partial charge in [0, 0.05) is 0 Å². The van der Waals surface area contributed by atoms with Gasteiger partial charge in [0.1, 0.15) is 0 Å². The van der Waals surface area contributed by atoms with Crippen molar-refractivity contribution in [2.24, 2.45) is 52.8 Å². The van der Waals surface area contributed by atoms with E-state index < -0.39 is 0 Å². The van der Waals surface area contributed by atoms with Gasteiger partial charge >= 0.3 is 0 Å². The first-order chi connectivity index (χ1) is 8.86. The lowest BCUT2D eigenvalue weighted by molar-refractivity contribution is 0.0413. The molecule has 0 amide bonds. The van der Waals surface area contributed by atoms with Crippen LogP contribution >= 0.6 is 0 Å². The molecule has 3 aliphatic carbocycles. The summed E-state index contributed by atoms with van der Waals surface area (Å²) in [5.41, 5.74) is 0.781. The van der Waals surface area contributed by atoms with Crippen molar-refractivity contribution in [3.8, 4) is 0 Å². The first-order valence-corrected chi connectivity index (χ1v) is 8.86. The Morgan fingerprint density at radius 3 is 2.32 bits per heavy atom. The maximum atomic E-state index is 2.58. The van der Waals surface area contributed by atoms with Gasteiger partial charge in [0.15, 0.2) is 0 Å². The summed E-state index contributed by atoms with van der Waals surface area (Å²) in [6.45, 7) is 15.1. The fourth-order valence-corrected chi connectivity index (χ4v) is 6.45. The van der Waals surface area contributed by atoms with E-state index in [-0.39, 0.29) is 0 Å². The van der Waals surface area contributed by atoms with Crippen molar-refractivity contribution in [3.05, 3.63) is 0 Å². The van der Waals surface area contributed by atoms with Crippen molar-refractivity contribution in [2.45, 2.75) is 67.2 Å². The second kappa shape index (κ2) is 4.50. The van der Waals surface area contributed by atoms with Crippen molar-refractivity contribution < 1.29 is 0 Å². The highest BCUT2D eigenvalue weighted by Crippen LogP contribution is 2.75. The van der Waals surface area contributed by atoms with Crippen molar-refractivity contribution in [1.82, 2.24) is 0 Å². The molecule has 0 aromatic carbocycles. The van der Waals surface area contributed by atoms with Gasteiger partial charge in [0.2, 0.25) is 0 Å². The minimum absolute atomic E-state index is 0.781. The fraction of sp³-hybridized carbons (Fsp3) is 1.00. The van der Waals surface area contributed by atoms with E-state index >= 15 is 0 Å². The zero-order valence-electron chi connectivity index (χ0n) is 13.9. The minimum atomic E-state index is 0.781. The number of rotatable bonds is 4. The Labute approximate surface area is 120 Å². The summed E-state index contributed by atoms with van der Waals surface area (Å²) in [5, 5.41) is 0. The lowest BCUT2D eigenvalue weighted by Crippen LogP contribution is -2.38. The van der Waals surface area contributed by atoms with Gasteiger partial charge in [0.25, 0.3) is 0 Å². The molecule has 8 unspecified atom stereocenters. The summed E-state index contributed by atoms with van der Waals surface area (Å²) < 4.78 is 0. The fourth-order valence-electron chi connectivity index (χ4n) is 6.45.